The molecule has 98 valence electrons. The summed E-state index contributed by atoms with van der Waals surface area (Å²) in [6.07, 6.45) is 0. The van der Waals surface area contributed by atoms with E-state index in [1.54, 1.807) is 0 Å². The number of para-hydroxylation sites is 2. The zero-order valence-electron chi connectivity index (χ0n) is 11.4. The summed E-state index contributed by atoms with van der Waals surface area (Å²) >= 11 is 0. The van der Waals surface area contributed by atoms with Crippen molar-refractivity contribution in [3.8, 4) is 5.69 Å². The van der Waals surface area contributed by atoms with Gasteiger partial charge in [-0.1, -0.05) is 30.3 Å². The number of aromatic nitrogens is 2. The van der Waals surface area contributed by atoms with Gasteiger partial charge in [-0.2, -0.15) is 5.10 Å². The molecule has 0 aliphatic rings. The molecule has 4 rings (SSSR count). The van der Waals surface area contributed by atoms with Crippen molar-refractivity contribution >= 4 is 21.9 Å². The Morgan fingerprint density at radius 2 is 1.75 bits per heavy atom. The fraction of sp³-hybridized carbons (Fsp3) is 0.118. The number of furan rings is 1. The van der Waals surface area contributed by atoms with Gasteiger partial charge in [-0.05, 0) is 32.0 Å². The Hall–Kier alpha value is -2.55. The molecular formula is C17H14N2O. The van der Waals surface area contributed by atoms with Crippen molar-refractivity contribution in [2.75, 3.05) is 0 Å². The Labute approximate surface area is 116 Å². The molecule has 0 bridgehead atoms. The fourth-order valence-electron chi connectivity index (χ4n) is 2.77. The highest BCUT2D eigenvalue weighted by molar-refractivity contribution is 6.07. The van der Waals surface area contributed by atoms with E-state index in [1.807, 2.05) is 35.9 Å². The molecule has 0 spiro atoms. The van der Waals surface area contributed by atoms with Crippen molar-refractivity contribution < 1.29 is 4.42 Å². The van der Waals surface area contributed by atoms with E-state index in [0.717, 1.165) is 39.0 Å². The predicted octanol–water partition coefficient (Wildman–Crippen LogP) is 4.39. The fourth-order valence-corrected chi connectivity index (χ4v) is 2.77. The first-order chi connectivity index (χ1) is 9.74. The molecule has 0 aliphatic carbocycles. The summed E-state index contributed by atoms with van der Waals surface area (Å²) in [5.41, 5.74) is 4.91. The van der Waals surface area contributed by atoms with Gasteiger partial charge in [0.05, 0.1) is 5.69 Å². The van der Waals surface area contributed by atoms with Crippen LogP contribution in [0, 0.1) is 13.8 Å². The van der Waals surface area contributed by atoms with E-state index < -0.39 is 0 Å². The molecule has 0 radical (unpaired) electrons. The summed E-state index contributed by atoms with van der Waals surface area (Å²) in [5.74, 6) is 0. The average molecular weight is 262 g/mol. The second-order valence-corrected chi connectivity index (χ2v) is 5.09. The average Bonchev–Trinajstić information content (AvgIpc) is 2.98. The van der Waals surface area contributed by atoms with Crippen LogP contribution in [-0.2, 0) is 0 Å². The summed E-state index contributed by atoms with van der Waals surface area (Å²) in [7, 11) is 0. The van der Waals surface area contributed by atoms with Gasteiger partial charge in [0.15, 0.2) is 5.58 Å². The van der Waals surface area contributed by atoms with Gasteiger partial charge in [0.1, 0.15) is 11.3 Å². The molecule has 20 heavy (non-hydrogen) atoms. The van der Waals surface area contributed by atoms with E-state index in [9.17, 15) is 0 Å². The zero-order chi connectivity index (χ0) is 13.7. The maximum Gasteiger partial charge on any atom is 0.161 e. The van der Waals surface area contributed by atoms with Gasteiger partial charge < -0.3 is 4.42 Å². The lowest BCUT2D eigenvalue weighted by Gasteiger charge is -2.04. The Kier molecular flexibility index (Phi) is 2.24. The van der Waals surface area contributed by atoms with Crippen molar-refractivity contribution in [1.29, 1.82) is 0 Å². The lowest BCUT2D eigenvalue weighted by molar-refractivity contribution is 0.660. The Bertz CT molecular complexity index is 931. The predicted molar refractivity (Wildman–Crippen MR) is 80.3 cm³/mol. The topological polar surface area (TPSA) is 31.0 Å². The molecule has 0 saturated heterocycles. The Morgan fingerprint density at radius 1 is 0.950 bits per heavy atom. The van der Waals surface area contributed by atoms with Gasteiger partial charge in [-0.3, -0.25) is 0 Å². The largest absolute Gasteiger partial charge is 0.454 e. The molecule has 0 fully saturated rings. The van der Waals surface area contributed by atoms with Crippen LogP contribution in [0.3, 0.4) is 0 Å². The highest BCUT2D eigenvalue weighted by Gasteiger charge is 2.13. The highest BCUT2D eigenvalue weighted by Crippen LogP contribution is 2.32. The second kappa shape index (κ2) is 3.97. The lowest BCUT2D eigenvalue weighted by Crippen LogP contribution is -1.99. The minimum absolute atomic E-state index is 0.889. The quantitative estimate of drug-likeness (QED) is 0.509. The smallest absolute Gasteiger partial charge is 0.161 e. The number of fused-ring (bicyclic) bond motifs is 3. The van der Waals surface area contributed by atoms with Crippen molar-refractivity contribution in [1.82, 2.24) is 9.78 Å². The first kappa shape index (κ1) is 11.3. The van der Waals surface area contributed by atoms with Crippen molar-refractivity contribution in [3.63, 3.8) is 0 Å². The third-order valence-corrected chi connectivity index (χ3v) is 3.62. The highest BCUT2D eigenvalue weighted by atomic mass is 16.3. The summed E-state index contributed by atoms with van der Waals surface area (Å²) in [6, 6.07) is 16.4. The zero-order valence-corrected chi connectivity index (χ0v) is 11.4. The summed E-state index contributed by atoms with van der Waals surface area (Å²) in [6.45, 7) is 4.06. The molecule has 0 N–H and O–H groups in total. The minimum Gasteiger partial charge on any atom is -0.454 e. The van der Waals surface area contributed by atoms with Crippen LogP contribution < -0.4 is 0 Å². The van der Waals surface area contributed by atoms with E-state index in [0.29, 0.717) is 0 Å². The SMILES string of the molecule is Cc1cc(C)n(-c2cccc3c2oc2ccccc23)n1. The monoisotopic (exact) mass is 262 g/mol. The Balaban J connectivity index is 2.12. The summed E-state index contributed by atoms with van der Waals surface area (Å²) in [4.78, 5) is 0. The molecular weight excluding hydrogens is 248 g/mol. The third-order valence-electron chi connectivity index (χ3n) is 3.62. The maximum absolute atomic E-state index is 6.04. The van der Waals surface area contributed by atoms with Crippen LogP contribution in [0.25, 0.3) is 27.6 Å². The number of aryl methyl sites for hydroxylation is 2. The van der Waals surface area contributed by atoms with Gasteiger partial charge >= 0.3 is 0 Å². The normalized spacial score (nSPS) is 11.5. The molecule has 2 aromatic heterocycles. The minimum atomic E-state index is 0.889. The van der Waals surface area contributed by atoms with Crippen LogP contribution in [0.4, 0.5) is 0 Å². The first-order valence-electron chi connectivity index (χ1n) is 6.68. The van der Waals surface area contributed by atoms with Gasteiger partial charge in [0, 0.05) is 16.5 Å². The van der Waals surface area contributed by atoms with E-state index in [2.05, 4.69) is 36.3 Å². The molecule has 3 nitrogen and oxygen atoms in total. The second-order valence-electron chi connectivity index (χ2n) is 5.09. The number of benzene rings is 2. The van der Waals surface area contributed by atoms with Gasteiger partial charge in [0.2, 0.25) is 0 Å². The number of nitrogens with zero attached hydrogens (tertiary/aromatic N) is 2. The molecule has 3 heteroatoms. The number of rotatable bonds is 1. The van der Waals surface area contributed by atoms with Crippen LogP contribution >= 0.6 is 0 Å². The van der Waals surface area contributed by atoms with Crippen molar-refractivity contribution in [3.05, 3.63) is 59.9 Å². The number of hydrogen-bond donors (Lipinski definition) is 0. The standard InChI is InChI=1S/C17H14N2O/c1-11-10-12(2)19(18-11)15-8-5-7-14-13-6-3-4-9-16(13)20-17(14)15/h3-10H,1-2H3. The molecule has 0 amide bonds. The van der Waals surface area contributed by atoms with Crippen LogP contribution in [0.1, 0.15) is 11.4 Å². The van der Waals surface area contributed by atoms with Crippen molar-refractivity contribution in [2.24, 2.45) is 0 Å². The molecule has 2 aromatic carbocycles. The molecule has 0 aliphatic heterocycles. The lowest BCUT2D eigenvalue weighted by atomic mass is 10.1. The van der Waals surface area contributed by atoms with Crippen molar-refractivity contribution in [2.45, 2.75) is 13.8 Å². The molecule has 0 unspecified atom stereocenters. The number of hydrogen-bond acceptors (Lipinski definition) is 2. The molecule has 0 saturated carbocycles. The van der Waals surface area contributed by atoms with E-state index >= 15 is 0 Å². The van der Waals surface area contributed by atoms with Crippen LogP contribution in [0.2, 0.25) is 0 Å². The van der Waals surface area contributed by atoms with E-state index in [1.165, 1.54) is 0 Å². The maximum atomic E-state index is 6.04. The van der Waals surface area contributed by atoms with Crippen LogP contribution in [0.5, 0.6) is 0 Å². The molecule has 2 heterocycles. The van der Waals surface area contributed by atoms with E-state index in [4.69, 9.17) is 4.42 Å². The van der Waals surface area contributed by atoms with Gasteiger partial charge in [-0.25, -0.2) is 4.68 Å². The molecule has 0 atom stereocenters. The van der Waals surface area contributed by atoms with Gasteiger partial charge in [-0.15, -0.1) is 0 Å². The van der Waals surface area contributed by atoms with Crippen LogP contribution in [0.15, 0.2) is 52.9 Å². The summed E-state index contributed by atoms with van der Waals surface area (Å²) < 4.78 is 7.99. The third kappa shape index (κ3) is 1.50. The van der Waals surface area contributed by atoms with Gasteiger partial charge in [0.25, 0.3) is 0 Å². The van der Waals surface area contributed by atoms with E-state index in [-0.39, 0.29) is 0 Å². The molecule has 4 aromatic rings. The first-order valence-corrected chi connectivity index (χ1v) is 6.68. The summed E-state index contributed by atoms with van der Waals surface area (Å²) in [5, 5.41) is 6.83. The van der Waals surface area contributed by atoms with Crippen LogP contribution in [-0.4, -0.2) is 9.78 Å². The Morgan fingerprint density at radius 3 is 2.55 bits per heavy atom.